The number of para-hydroxylation sites is 2. The number of nitroso groups, excluding NO2 is 1. The third-order valence-electron chi connectivity index (χ3n) is 5.09. The van der Waals surface area contributed by atoms with Gasteiger partial charge in [-0.05, 0) is 39.9 Å². The van der Waals surface area contributed by atoms with E-state index in [-0.39, 0.29) is 5.41 Å². The van der Waals surface area contributed by atoms with E-state index in [1.807, 2.05) is 24.3 Å². The van der Waals surface area contributed by atoms with Crippen LogP contribution in [-0.2, 0) is 10.7 Å². The van der Waals surface area contributed by atoms with Gasteiger partial charge in [0.15, 0.2) is 0 Å². The Balaban J connectivity index is 2.19. The van der Waals surface area contributed by atoms with Gasteiger partial charge in [0.2, 0.25) is 0 Å². The van der Waals surface area contributed by atoms with Crippen molar-refractivity contribution in [2.24, 2.45) is 5.18 Å². The van der Waals surface area contributed by atoms with Gasteiger partial charge in [-0.15, -0.1) is 4.91 Å². The summed E-state index contributed by atoms with van der Waals surface area (Å²) in [4.78, 5) is 11.9. The highest BCUT2D eigenvalue weighted by Crippen LogP contribution is 2.40. The smallest absolute Gasteiger partial charge is 0.136 e. The first-order chi connectivity index (χ1) is 13.0. The van der Waals surface area contributed by atoms with Crippen molar-refractivity contribution >= 4 is 43.4 Å². The summed E-state index contributed by atoms with van der Waals surface area (Å²) in [6.07, 6.45) is 0. The number of nitrogens with zero attached hydrogens (tertiary/aromatic N) is 2. The second kappa shape index (κ2) is 6.61. The normalized spacial score (nSPS) is 12.0. The zero-order chi connectivity index (χ0) is 19.2. The van der Waals surface area contributed by atoms with E-state index in [1.54, 1.807) is 0 Å². The van der Waals surface area contributed by atoms with Crippen molar-refractivity contribution in [2.75, 3.05) is 0 Å². The minimum atomic E-state index is -0.0359. The molecule has 0 unspecified atom stereocenters. The van der Waals surface area contributed by atoms with E-state index in [0.717, 1.165) is 22.3 Å². The Morgan fingerprint density at radius 3 is 1.96 bits per heavy atom. The van der Waals surface area contributed by atoms with Gasteiger partial charge in [-0.3, -0.25) is 0 Å². The minimum absolute atomic E-state index is 0.0359. The highest BCUT2D eigenvalue weighted by Gasteiger charge is 2.22. The van der Waals surface area contributed by atoms with Crippen LogP contribution in [0.2, 0.25) is 0 Å². The molecule has 0 saturated heterocycles. The van der Waals surface area contributed by atoms with Crippen molar-refractivity contribution in [2.45, 2.75) is 31.5 Å². The van der Waals surface area contributed by atoms with Crippen molar-refractivity contribution in [3.8, 4) is 5.69 Å². The predicted octanol–water partition coefficient (Wildman–Crippen LogP) is 7.37. The lowest BCUT2D eigenvalue weighted by atomic mass is 9.85. The van der Waals surface area contributed by atoms with Crippen molar-refractivity contribution in [3.63, 3.8) is 0 Å². The van der Waals surface area contributed by atoms with Crippen LogP contribution >= 0.6 is 15.9 Å². The molecule has 0 fully saturated rings. The largest absolute Gasteiger partial charge is 0.307 e. The number of rotatable bonds is 3. The summed E-state index contributed by atoms with van der Waals surface area (Å²) in [5.41, 5.74) is 5.54. The molecule has 0 spiro atoms. The third-order valence-corrected chi connectivity index (χ3v) is 5.70. The first-order valence-corrected chi connectivity index (χ1v) is 10.1. The number of aromatic nitrogens is 1. The lowest BCUT2D eigenvalue weighted by Crippen LogP contribution is -2.12. The molecule has 0 amide bonds. The Kier molecular flexibility index (Phi) is 4.39. The monoisotopic (exact) mass is 420 g/mol. The first-order valence-electron chi connectivity index (χ1n) is 9.01. The van der Waals surface area contributed by atoms with Gasteiger partial charge >= 0.3 is 0 Å². The van der Waals surface area contributed by atoms with Gasteiger partial charge < -0.3 is 4.57 Å². The number of fused-ring (bicyclic) bond motifs is 3. The second-order valence-electron chi connectivity index (χ2n) is 7.85. The van der Waals surface area contributed by atoms with Gasteiger partial charge in [-0.2, -0.15) is 0 Å². The van der Waals surface area contributed by atoms with Crippen LogP contribution in [0.4, 0.5) is 5.69 Å². The molecule has 0 N–H and O–H groups in total. The fourth-order valence-corrected chi connectivity index (χ4v) is 4.10. The second-order valence-corrected chi connectivity index (χ2v) is 8.41. The van der Waals surface area contributed by atoms with E-state index in [1.165, 1.54) is 16.3 Å². The van der Waals surface area contributed by atoms with Gasteiger partial charge in [0.1, 0.15) is 5.69 Å². The van der Waals surface area contributed by atoms with E-state index in [0.29, 0.717) is 11.0 Å². The number of hydrogen-bond donors (Lipinski definition) is 0. The molecular weight excluding hydrogens is 400 g/mol. The van der Waals surface area contributed by atoms with Crippen molar-refractivity contribution in [1.29, 1.82) is 0 Å². The maximum atomic E-state index is 11.9. The Morgan fingerprint density at radius 2 is 1.48 bits per heavy atom. The molecule has 0 bridgehead atoms. The van der Waals surface area contributed by atoms with Crippen LogP contribution in [-0.4, -0.2) is 4.57 Å². The number of hydrogen-bond acceptors (Lipinski definition) is 2. The molecule has 0 aliphatic rings. The fourth-order valence-electron chi connectivity index (χ4n) is 3.67. The molecule has 136 valence electrons. The van der Waals surface area contributed by atoms with E-state index in [2.05, 4.69) is 82.8 Å². The molecule has 1 aromatic heterocycles. The molecule has 0 saturated carbocycles. The predicted molar refractivity (Wildman–Crippen MR) is 118 cm³/mol. The summed E-state index contributed by atoms with van der Waals surface area (Å²) in [5, 5.41) is 6.36. The summed E-state index contributed by atoms with van der Waals surface area (Å²) in [6.45, 7) is 6.55. The molecule has 3 aromatic carbocycles. The summed E-state index contributed by atoms with van der Waals surface area (Å²) >= 11 is 3.54. The molecule has 3 nitrogen and oxygen atoms in total. The average molecular weight is 421 g/mol. The lowest BCUT2D eigenvalue weighted by Gasteiger charge is -2.23. The summed E-state index contributed by atoms with van der Waals surface area (Å²) in [7, 11) is 0. The number of alkyl halides is 1. The van der Waals surface area contributed by atoms with Crippen LogP contribution in [0.1, 0.15) is 31.9 Å². The van der Waals surface area contributed by atoms with E-state index >= 15 is 0 Å². The summed E-state index contributed by atoms with van der Waals surface area (Å²) in [5.74, 6) is 0. The molecule has 1 heterocycles. The number of halogens is 1. The maximum Gasteiger partial charge on any atom is 0.136 e. The minimum Gasteiger partial charge on any atom is -0.307 e. The Bertz CT molecular complexity index is 1120. The zero-order valence-corrected chi connectivity index (χ0v) is 17.2. The highest BCUT2D eigenvalue weighted by molar-refractivity contribution is 9.08. The molecule has 4 rings (SSSR count). The van der Waals surface area contributed by atoms with E-state index < -0.39 is 0 Å². The standard InChI is InChI=1S/C23H21BrN2O/c1-23(2,3)16-12-15(14-24)22(25-27)21(13-16)26-19-10-6-4-8-17(19)18-9-5-7-11-20(18)26/h4-13H,14H2,1-3H3. The van der Waals surface area contributed by atoms with Crippen molar-refractivity contribution < 1.29 is 0 Å². The quantitative estimate of drug-likeness (QED) is 0.251. The molecule has 0 aliphatic heterocycles. The van der Waals surface area contributed by atoms with Gasteiger partial charge in [0.25, 0.3) is 0 Å². The van der Waals surface area contributed by atoms with Crippen LogP contribution in [0, 0.1) is 4.91 Å². The van der Waals surface area contributed by atoms with Crippen LogP contribution < -0.4 is 0 Å². The fraction of sp³-hybridized carbons (Fsp3) is 0.217. The maximum absolute atomic E-state index is 11.9. The van der Waals surface area contributed by atoms with Crippen molar-refractivity contribution in [1.82, 2.24) is 4.57 Å². The third kappa shape index (κ3) is 2.88. The van der Waals surface area contributed by atoms with Gasteiger partial charge in [0, 0.05) is 16.1 Å². The Labute approximate surface area is 167 Å². The molecule has 0 aliphatic carbocycles. The van der Waals surface area contributed by atoms with E-state index in [4.69, 9.17) is 0 Å². The molecular formula is C23H21BrN2O. The zero-order valence-electron chi connectivity index (χ0n) is 15.7. The Hall–Kier alpha value is -2.46. The molecule has 0 atom stereocenters. The topological polar surface area (TPSA) is 34.4 Å². The molecule has 27 heavy (non-hydrogen) atoms. The first kappa shape index (κ1) is 17.9. The van der Waals surface area contributed by atoms with Crippen LogP contribution in [0.25, 0.3) is 27.5 Å². The van der Waals surface area contributed by atoms with Gasteiger partial charge in [0.05, 0.1) is 16.7 Å². The van der Waals surface area contributed by atoms with Gasteiger partial charge in [-0.25, -0.2) is 0 Å². The van der Waals surface area contributed by atoms with Gasteiger partial charge in [-0.1, -0.05) is 79.2 Å². The number of benzene rings is 3. The summed E-state index contributed by atoms with van der Waals surface area (Å²) < 4.78 is 2.17. The SMILES string of the molecule is CC(C)(C)c1cc(CBr)c(N=O)c(-n2c3ccccc3c3ccccc32)c1. The summed E-state index contributed by atoms with van der Waals surface area (Å²) in [6, 6.07) is 20.8. The lowest BCUT2D eigenvalue weighted by molar-refractivity contribution is 0.589. The molecule has 4 heteroatoms. The average Bonchev–Trinajstić information content (AvgIpc) is 3.00. The van der Waals surface area contributed by atoms with E-state index in [9.17, 15) is 4.91 Å². The van der Waals surface area contributed by atoms with Crippen molar-refractivity contribution in [3.05, 3.63) is 76.7 Å². The van der Waals surface area contributed by atoms with Crippen LogP contribution in [0.15, 0.2) is 65.8 Å². The molecule has 4 aromatic rings. The van der Waals surface area contributed by atoms with Crippen LogP contribution in [0.3, 0.4) is 0 Å². The highest BCUT2D eigenvalue weighted by atomic mass is 79.9. The molecule has 0 radical (unpaired) electrons. The Morgan fingerprint density at radius 1 is 0.926 bits per heavy atom. The van der Waals surface area contributed by atoms with Crippen LogP contribution in [0.5, 0.6) is 0 Å².